The molecule has 2 amide bonds. The second kappa shape index (κ2) is 5.05. The first-order valence-electron chi connectivity index (χ1n) is 4.59. The van der Waals surface area contributed by atoms with Crippen molar-refractivity contribution >= 4 is 39.1 Å². The summed E-state index contributed by atoms with van der Waals surface area (Å²) in [5, 5.41) is 10.6. The summed E-state index contributed by atoms with van der Waals surface area (Å²) in [6.45, 7) is 2.43. The molecular weight excluding hydrogens is 292 g/mol. The molecule has 0 bridgehead atoms. The number of non-ortho nitro benzene ring substituents is 1. The van der Waals surface area contributed by atoms with Crippen molar-refractivity contribution in [1.82, 2.24) is 0 Å². The van der Waals surface area contributed by atoms with Crippen molar-refractivity contribution in [2.24, 2.45) is 0 Å². The van der Waals surface area contributed by atoms with E-state index in [2.05, 4.69) is 15.9 Å². The van der Waals surface area contributed by atoms with Crippen molar-refractivity contribution in [2.45, 2.75) is 13.8 Å². The second-order valence-corrected chi connectivity index (χ2v) is 4.12. The van der Waals surface area contributed by atoms with Crippen molar-refractivity contribution in [2.75, 3.05) is 4.90 Å². The Hall–Kier alpha value is -1.76. The number of halogens is 1. The number of hydrogen-bond acceptors (Lipinski definition) is 4. The molecule has 0 saturated heterocycles. The number of amides is 2. The standard InChI is InChI=1S/C10H9BrN2O4/c1-6(14)12(7(2)15)10-5-8(13(16)17)3-4-9(10)11/h3-5H,1-2H3. The number of carbonyl (C=O) groups is 2. The fourth-order valence-electron chi connectivity index (χ4n) is 1.35. The van der Waals surface area contributed by atoms with Crippen LogP contribution in [0.25, 0.3) is 0 Å². The van der Waals surface area contributed by atoms with Gasteiger partial charge in [-0.25, -0.2) is 4.90 Å². The van der Waals surface area contributed by atoms with E-state index in [0.717, 1.165) is 4.90 Å². The van der Waals surface area contributed by atoms with Gasteiger partial charge in [0.2, 0.25) is 11.8 Å². The monoisotopic (exact) mass is 300 g/mol. The summed E-state index contributed by atoms with van der Waals surface area (Å²) in [4.78, 5) is 33.6. The van der Waals surface area contributed by atoms with Crippen LogP contribution in [-0.2, 0) is 9.59 Å². The highest BCUT2D eigenvalue weighted by Crippen LogP contribution is 2.30. The predicted molar refractivity (Wildman–Crippen MR) is 64.6 cm³/mol. The number of nitrogens with zero attached hydrogens (tertiary/aromatic N) is 2. The first kappa shape index (κ1) is 13.3. The third kappa shape index (κ3) is 2.88. The molecule has 1 aromatic rings. The minimum atomic E-state index is -0.589. The van der Waals surface area contributed by atoms with E-state index in [-0.39, 0.29) is 11.4 Å². The Kier molecular flexibility index (Phi) is 3.95. The Labute approximate surface area is 105 Å². The Morgan fingerprint density at radius 1 is 1.29 bits per heavy atom. The summed E-state index contributed by atoms with van der Waals surface area (Å²) in [6.07, 6.45) is 0. The van der Waals surface area contributed by atoms with Gasteiger partial charge in [0.1, 0.15) is 0 Å². The van der Waals surface area contributed by atoms with Crippen LogP contribution in [0.4, 0.5) is 11.4 Å². The quantitative estimate of drug-likeness (QED) is 0.620. The summed E-state index contributed by atoms with van der Waals surface area (Å²) in [6, 6.07) is 3.88. The Morgan fingerprint density at radius 2 is 1.82 bits per heavy atom. The predicted octanol–water partition coefficient (Wildman–Crippen LogP) is 2.26. The molecule has 0 radical (unpaired) electrons. The molecule has 0 aromatic heterocycles. The first-order valence-corrected chi connectivity index (χ1v) is 5.39. The van der Waals surface area contributed by atoms with E-state index in [1.165, 1.54) is 32.0 Å². The van der Waals surface area contributed by atoms with E-state index in [4.69, 9.17) is 0 Å². The zero-order valence-corrected chi connectivity index (χ0v) is 10.7. The number of hydrogen-bond donors (Lipinski definition) is 0. The van der Waals surface area contributed by atoms with Crippen molar-refractivity contribution < 1.29 is 14.5 Å². The highest BCUT2D eigenvalue weighted by Gasteiger charge is 2.21. The van der Waals surface area contributed by atoms with Gasteiger partial charge in [-0.2, -0.15) is 0 Å². The molecule has 17 heavy (non-hydrogen) atoms. The maximum atomic E-state index is 11.3. The smallest absolute Gasteiger partial charge is 0.271 e. The third-order valence-corrected chi connectivity index (χ3v) is 2.68. The first-order chi connectivity index (χ1) is 7.84. The van der Waals surface area contributed by atoms with Gasteiger partial charge in [0, 0.05) is 30.5 Å². The molecule has 0 N–H and O–H groups in total. The molecule has 0 aliphatic rings. The van der Waals surface area contributed by atoms with Crippen LogP contribution in [-0.4, -0.2) is 16.7 Å². The van der Waals surface area contributed by atoms with Gasteiger partial charge in [-0.1, -0.05) is 0 Å². The van der Waals surface area contributed by atoms with Crippen LogP contribution in [0.2, 0.25) is 0 Å². The number of benzene rings is 1. The molecule has 7 heteroatoms. The fraction of sp³-hybridized carbons (Fsp3) is 0.200. The number of nitro benzene ring substituents is 1. The molecule has 0 fully saturated rings. The van der Waals surface area contributed by atoms with Crippen molar-refractivity contribution in [3.8, 4) is 0 Å². The number of anilines is 1. The summed E-state index contributed by atoms with van der Waals surface area (Å²) >= 11 is 3.15. The topological polar surface area (TPSA) is 80.5 Å². The molecule has 0 unspecified atom stereocenters. The normalized spacial score (nSPS) is 9.82. The molecule has 0 heterocycles. The van der Waals surface area contributed by atoms with Gasteiger partial charge in [0.15, 0.2) is 0 Å². The van der Waals surface area contributed by atoms with Crippen molar-refractivity contribution in [1.29, 1.82) is 0 Å². The molecule has 0 saturated carbocycles. The lowest BCUT2D eigenvalue weighted by Gasteiger charge is -2.18. The minimum Gasteiger partial charge on any atom is -0.274 e. The average molecular weight is 301 g/mol. The highest BCUT2D eigenvalue weighted by molar-refractivity contribution is 9.10. The Balaban J connectivity index is 3.36. The average Bonchev–Trinajstić information content (AvgIpc) is 2.19. The molecule has 6 nitrogen and oxygen atoms in total. The van der Waals surface area contributed by atoms with Crippen LogP contribution >= 0.6 is 15.9 Å². The lowest BCUT2D eigenvalue weighted by Crippen LogP contribution is -2.33. The maximum absolute atomic E-state index is 11.3. The van der Waals surface area contributed by atoms with Crippen LogP contribution in [0, 0.1) is 10.1 Å². The molecular formula is C10H9BrN2O4. The van der Waals surface area contributed by atoms with Gasteiger partial charge >= 0.3 is 0 Å². The third-order valence-electron chi connectivity index (χ3n) is 2.01. The van der Waals surface area contributed by atoms with Gasteiger partial charge in [-0.15, -0.1) is 0 Å². The lowest BCUT2D eigenvalue weighted by molar-refractivity contribution is -0.384. The van der Waals surface area contributed by atoms with E-state index < -0.39 is 16.7 Å². The lowest BCUT2D eigenvalue weighted by atomic mass is 10.2. The molecule has 0 spiro atoms. The maximum Gasteiger partial charge on any atom is 0.271 e. The van der Waals surface area contributed by atoms with E-state index in [1.807, 2.05) is 0 Å². The van der Waals surface area contributed by atoms with E-state index in [9.17, 15) is 19.7 Å². The van der Waals surface area contributed by atoms with Crippen LogP contribution in [0.1, 0.15) is 13.8 Å². The number of imide groups is 1. The molecule has 1 aromatic carbocycles. The molecule has 90 valence electrons. The zero-order chi connectivity index (χ0) is 13.2. The van der Waals surface area contributed by atoms with Gasteiger partial charge < -0.3 is 0 Å². The van der Waals surface area contributed by atoms with Gasteiger partial charge in [-0.3, -0.25) is 19.7 Å². The van der Waals surface area contributed by atoms with Crippen LogP contribution in [0.15, 0.2) is 22.7 Å². The Bertz CT molecular complexity index is 487. The fourth-order valence-corrected chi connectivity index (χ4v) is 1.77. The SMILES string of the molecule is CC(=O)N(C(C)=O)c1cc([N+](=O)[O-])ccc1Br. The molecule has 0 aliphatic heterocycles. The van der Waals surface area contributed by atoms with Crippen LogP contribution in [0.5, 0.6) is 0 Å². The summed E-state index contributed by atoms with van der Waals surface area (Å²) in [5.41, 5.74) is -0.0186. The van der Waals surface area contributed by atoms with E-state index in [0.29, 0.717) is 4.47 Å². The van der Waals surface area contributed by atoms with E-state index in [1.54, 1.807) is 0 Å². The van der Waals surface area contributed by atoms with E-state index >= 15 is 0 Å². The van der Waals surface area contributed by atoms with Crippen LogP contribution in [0.3, 0.4) is 0 Å². The summed E-state index contributed by atoms with van der Waals surface area (Å²) < 4.78 is 0.438. The number of nitro groups is 1. The Morgan fingerprint density at radius 3 is 2.24 bits per heavy atom. The second-order valence-electron chi connectivity index (χ2n) is 3.27. The van der Waals surface area contributed by atoms with Gasteiger partial charge in [0.25, 0.3) is 5.69 Å². The van der Waals surface area contributed by atoms with Gasteiger partial charge in [-0.05, 0) is 22.0 Å². The molecule has 0 atom stereocenters. The minimum absolute atomic E-state index is 0.166. The summed E-state index contributed by atoms with van der Waals surface area (Å²) in [7, 11) is 0. The molecule has 0 aliphatic carbocycles. The van der Waals surface area contributed by atoms with Crippen molar-refractivity contribution in [3.05, 3.63) is 32.8 Å². The zero-order valence-electron chi connectivity index (χ0n) is 9.14. The largest absolute Gasteiger partial charge is 0.274 e. The number of rotatable bonds is 2. The molecule has 1 rings (SSSR count). The van der Waals surface area contributed by atoms with Crippen molar-refractivity contribution in [3.63, 3.8) is 0 Å². The van der Waals surface area contributed by atoms with Crippen LogP contribution < -0.4 is 4.90 Å². The highest BCUT2D eigenvalue weighted by atomic mass is 79.9. The summed E-state index contributed by atoms with van der Waals surface area (Å²) in [5.74, 6) is -1.00. The number of carbonyl (C=O) groups excluding carboxylic acids is 2. The van der Waals surface area contributed by atoms with Gasteiger partial charge in [0.05, 0.1) is 10.6 Å².